The molecule has 2 heterocycles. The number of hydrogen-bond acceptors (Lipinski definition) is 4. The highest BCUT2D eigenvalue weighted by Gasteiger charge is 2.23. The molecule has 4 heteroatoms. The summed E-state index contributed by atoms with van der Waals surface area (Å²) in [5.41, 5.74) is 1.55. The third-order valence-corrected chi connectivity index (χ3v) is 2.71. The van der Waals surface area contributed by atoms with E-state index < -0.39 is 0 Å². The third kappa shape index (κ3) is 1.79. The maximum atomic E-state index is 9.44. The predicted octanol–water partition coefficient (Wildman–Crippen LogP) is 0.833. The lowest BCUT2D eigenvalue weighted by Gasteiger charge is -2.18. The van der Waals surface area contributed by atoms with Gasteiger partial charge < -0.3 is 10.0 Å². The molecule has 1 saturated heterocycles. The van der Waals surface area contributed by atoms with Crippen molar-refractivity contribution in [1.82, 2.24) is 4.98 Å². The van der Waals surface area contributed by atoms with E-state index in [0.717, 1.165) is 18.5 Å². The summed E-state index contributed by atoms with van der Waals surface area (Å²) in [5, 5.41) is 18.5. The number of rotatable bonds is 1. The maximum absolute atomic E-state index is 9.44. The van der Waals surface area contributed by atoms with Crippen molar-refractivity contribution in [3.63, 3.8) is 0 Å². The molecule has 0 spiro atoms. The van der Waals surface area contributed by atoms with Crippen LogP contribution < -0.4 is 4.90 Å². The normalized spacial score (nSPS) is 20.3. The van der Waals surface area contributed by atoms with Crippen molar-refractivity contribution in [3.8, 4) is 6.07 Å². The first-order valence-corrected chi connectivity index (χ1v) is 5.01. The summed E-state index contributed by atoms with van der Waals surface area (Å²) < 4.78 is 0. The highest BCUT2D eigenvalue weighted by atomic mass is 16.3. The van der Waals surface area contributed by atoms with Crippen molar-refractivity contribution in [2.24, 2.45) is 0 Å². The van der Waals surface area contributed by atoms with Gasteiger partial charge in [-0.15, -0.1) is 0 Å². The Kier molecular flexibility index (Phi) is 2.57. The van der Waals surface area contributed by atoms with Crippen molar-refractivity contribution in [3.05, 3.63) is 23.4 Å². The monoisotopic (exact) mass is 203 g/mol. The van der Waals surface area contributed by atoms with Crippen LogP contribution in [-0.4, -0.2) is 29.3 Å². The first-order chi connectivity index (χ1) is 7.22. The lowest BCUT2D eigenvalue weighted by Crippen LogP contribution is -2.23. The van der Waals surface area contributed by atoms with Gasteiger partial charge in [0, 0.05) is 19.3 Å². The van der Waals surface area contributed by atoms with Gasteiger partial charge in [0.2, 0.25) is 0 Å². The summed E-state index contributed by atoms with van der Waals surface area (Å²) in [6, 6.07) is 4.00. The van der Waals surface area contributed by atoms with Crippen molar-refractivity contribution >= 4 is 5.82 Å². The van der Waals surface area contributed by atoms with Crippen molar-refractivity contribution in [1.29, 1.82) is 5.26 Å². The fraction of sp³-hybridized carbons (Fsp3) is 0.455. The molecular weight excluding hydrogens is 190 g/mol. The molecule has 1 fully saturated rings. The van der Waals surface area contributed by atoms with Crippen LogP contribution in [0.3, 0.4) is 0 Å². The number of aliphatic hydroxyl groups is 1. The van der Waals surface area contributed by atoms with E-state index >= 15 is 0 Å². The Balaban J connectivity index is 2.36. The van der Waals surface area contributed by atoms with E-state index in [0.29, 0.717) is 17.9 Å². The Labute approximate surface area is 88.8 Å². The molecule has 0 bridgehead atoms. The van der Waals surface area contributed by atoms with Crippen LogP contribution in [0.4, 0.5) is 5.82 Å². The second-order valence-electron chi connectivity index (χ2n) is 3.83. The molecule has 0 saturated carbocycles. The topological polar surface area (TPSA) is 60.1 Å². The number of nitriles is 1. The number of nitrogens with zero attached hydrogens (tertiary/aromatic N) is 3. The summed E-state index contributed by atoms with van der Waals surface area (Å²) in [4.78, 5) is 6.19. The Morgan fingerprint density at radius 3 is 3.07 bits per heavy atom. The van der Waals surface area contributed by atoms with Gasteiger partial charge in [0.15, 0.2) is 0 Å². The SMILES string of the molecule is Cc1ccnc(N2CC[C@H](O)C2)c1C#N. The molecule has 0 aromatic carbocycles. The maximum Gasteiger partial charge on any atom is 0.146 e. The number of β-amino-alcohol motifs (C(OH)–C–C–N with tert-alkyl or cyclic N) is 1. The van der Waals surface area contributed by atoms with Gasteiger partial charge in [-0.05, 0) is 25.0 Å². The van der Waals surface area contributed by atoms with Crippen LogP contribution in [0, 0.1) is 18.3 Å². The third-order valence-electron chi connectivity index (χ3n) is 2.71. The summed E-state index contributed by atoms with van der Waals surface area (Å²) in [5.74, 6) is 0.703. The summed E-state index contributed by atoms with van der Waals surface area (Å²) in [6.07, 6.45) is 2.16. The van der Waals surface area contributed by atoms with Crippen LogP contribution in [0.25, 0.3) is 0 Å². The van der Waals surface area contributed by atoms with Gasteiger partial charge in [-0.1, -0.05) is 0 Å². The van der Waals surface area contributed by atoms with Crippen LogP contribution in [0.2, 0.25) is 0 Å². The van der Waals surface area contributed by atoms with Gasteiger partial charge in [0.25, 0.3) is 0 Å². The molecule has 1 aliphatic rings. The average Bonchev–Trinajstić information content (AvgIpc) is 2.64. The lowest BCUT2D eigenvalue weighted by atomic mass is 10.1. The second-order valence-corrected chi connectivity index (χ2v) is 3.83. The standard InChI is InChI=1S/C11H13N3O/c1-8-2-4-13-11(10(8)6-12)14-5-3-9(15)7-14/h2,4,9,15H,3,5,7H2,1H3/t9-/m0/s1. The van der Waals surface area contributed by atoms with Crippen molar-refractivity contribution in [2.75, 3.05) is 18.0 Å². The molecule has 1 aromatic heterocycles. The van der Waals surface area contributed by atoms with Gasteiger partial charge in [0.1, 0.15) is 11.9 Å². The molecule has 1 atom stereocenters. The second kappa shape index (κ2) is 3.87. The van der Waals surface area contributed by atoms with E-state index in [-0.39, 0.29) is 6.10 Å². The molecule has 4 nitrogen and oxygen atoms in total. The smallest absolute Gasteiger partial charge is 0.146 e. The quantitative estimate of drug-likeness (QED) is 0.734. The molecule has 2 rings (SSSR count). The first kappa shape index (κ1) is 9.94. The number of aromatic nitrogens is 1. The van der Waals surface area contributed by atoms with Gasteiger partial charge in [-0.2, -0.15) is 5.26 Å². The molecule has 0 unspecified atom stereocenters. The lowest BCUT2D eigenvalue weighted by molar-refractivity contribution is 0.198. The zero-order valence-corrected chi connectivity index (χ0v) is 8.64. The Morgan fingerprint density at radius 1 is 1.67 bits per heavy atom. The van der Waals surface area contributed by atoms with E-state index in [1.165, 1.54) is 0 Å². The Bertz CT molecular complexity index is 411. The van der Waals surface area contributed by atoms with Crippen LogP contribution in [0.15, 0.2) is 12.3 Å². The van der Waals surface area contributed by atoms with E-state index in [2.05, 4.69) is 11.1 Å². The van der Waals surface area contributed by atoms with Crippen molar-refractivity contribution in [2.45, 2.75) is 19.4 Å². The number of aliphatic hydroxyl groups excluding tert-OH is 1. The molecule has 0 radical (unpaired) electrons. The Morgan fingerprint density at radius 2 is 2.47 bits per heavy atom. The molecule has 0 amide bonds. The van der Waals surface area contributed by atoms with E-state index in [1.807, 2.05) is 17.9 Å². The zero-order valence-electron chi connectivity index (χ0n) is 8.64. The van der Waals surface area contributed by atoms with Crippen LogP contribution in [0.5, 0.6) is 0 Å². The zero-order chi connectivity index (χ0) is 10.8. The molecule has 1 aliphatic heterocycles. The summed E-state index contributed by atoms with van der Waals surface area (Å²) in [6.45, 7) is 3.24. The average molecular weight is 203 g/mol. The number of anilines is 1. The Hall–Kier alpha value is -1.60. The minimum Gasteiger partial charge on any atom is -0.391 e. The fourth-order valence-electron chi connectivity index (χ4n) is 1.86. The molecule has 15 heavy (non-hydrogen) atoms. The van der Waals surface area contributed by atoms with Gasteiger partial charge in [-0.25, -0.2) is 4.98 Å². The minimum atomic E-state index is -0.293. The molecule has 0 aliphatic carbocycles. The highest BCUT2D eigenvalue weighted by Crippen LogP contribution is 2.23. The largest absolute Gasteiger partial charge is 0.391 e. The van der Waals surface area contributed by atoms with Gasteiger partial charge >= 0.3 is 0 Å². The van der Waals surface area contributed by atoms with Crippen LogP contribution in [0.1, 0.15) is 17.5 Å². The highest BCUT2D eigenvalue weighted by molar-refractivity contribution is 5.57. The molecule has 1 N–H and O–H groups in total. The van der Waals surface area contributed by atoms with Crippen LogP contribution in [-0.2, 0) is 0 Å². The van der Waals surface area contributed by atoms with Crippen molar-refractivity contribution < 1.29 is 5.11 Å². The number of aryl methyl sites for hydroxylation is 1. The van der Waals surface area contributed by atoms with Gasteiger partial charge in [-0.3, -0.25) is 0 Å². The molecule has 78 valence electrons. The predicted molar refractivity (Wildman–Crippen MR) is 56.5 cm³/mol. The fourth-order valence-corrected chi connectivity index (χ4v) is 1.86. The first-order valence-electron chi connectivity index (χ1n) is 5.01. The summed E-state index contributed by atoms with van der Waals surface area (Å²) >= 11 is 0. The number of hydrogen-bond donors (Lipinski definition) is 1. The minimum absolute atomic E-state index is 0.293. The van der Waals surface area contributed by atoms with E-state index in [4.69, 9.17) is 5.26 Å². The van der Waals surface area contributed by atoms with Gasteiger partial charge in [0.05, 0.1) is 11.7 Å². The summed E-state index contributed by atoms with van der Waals surface area (Å²) in [7, 11) is 0. The molecular formula is C11H13N3O. The van der Waals surface area contributed by atoms with E-state index in [1.54, 1.807) is 6.20 Å². The molecule has 1 aromatic rings. The van der Waals surface area contributed by atoms with Crippen LogP contribution >= 0.6 is 0 Å². The van der Waals surface area contributed by atoms with E-state index in [9.17, 15) is 5.11 Å². The number of pyridine rings is 1.